The average Bonchev–Trinajstić information content (AvgIpc) is 2.39. The number of hydrogen-bond acceptors (Lipinski definition) is 3. The van der Waals surface area contributed by atoms with Crippen molar-refractivity contribution < 1.29 is 0 Å². The van der Waals surface area contributed by atoms with Crippen LogP contribution in [0.3, 0.4) is 0 Å². The predicted molar refractivity (Wildman–Crippen MR) is 83.9 cm³/mol. The van der Waals surface area contributed by atoms with Gasteiger partial charge in [0.15, 0.2) is 0 Å². The first kappa shape index (κ1) is 13.5. The Kier molecular flexibility index (Phi) is 4.12. The maximum atomic E-state index is 5.55. The van der Waals surface area contributed by atoms with E-state index in [2.05, 4.69) is 36.3 Å². The molecule has 0 aliphatic rings. The standard InChI is InChI=1S/C15H17N3S/c1-10(2)12-5-3-4-6-13(12)18-14-8-7-11(9-17-14)15(16)19/h3-10H,1-2H3,(H2,16,19)(H,17,18). The summed E-state index contributed by atoms with van der Waals surface area (Å²) in [6, 6.07) is 12.0. The van der Waals surface area contributed by atoms with Gasteiger partial charge in [0.2, 0.25) is 0 Å². The van der Waals surface area contributed by atoms with Gasteiger partial charge < -0.3 is 11.1 Å². The quantitative estimate of drug-likeness (QED) is 0.834. The number of aromatic nitrogens is 1. The summed E-state index contributed by atoms with van der Waals surface area (Å²) in [7, 11) is 0. The molecule has 98 valence electrons. The van der Waals surface area contributed by atoms with Crippen LogP contribution in [0.2, 0.25) is 0 Å². The summed E-state index contributed by atoms with van der Waals surface area (Å²) in [5.74, 6) is 1.24. The largest absolute Gasteiger partial charge is 0.389 e. The highest BCUT2D eigenvalue weighted by Gasteiger charge is 2.06. The number of anilines is 2. The Morgan fingerprint density at radius 1 is 1.21 bits per heavy atom. The number of nitrogens with two attached hydrogens (primary N) is 1. The van der Waals surface area contributed by atoms with Crippen LogP contribution < -0.4 is 11.1 Å². The number of para-hydroxylation sites is 1. The smallest absolute Gasteiger partial charge is 0.130 e. The van der Waals surface area contributed by atoms with Crippen molar-refractivity contribution in [3.8, 4) is 0 Å². The van der Waals surface area contributed by atoms with E-state index >= 15 is 0 Å². The number of thiocarbonyl (C=S) groups is 1. The summed E-state index contributed by atoms with van der Waals surface area (Å²) >= 11 is 4.91. The molecule has 2 rings (SSSR count). The van der Waals surface area contributed by atoms with Gasteiger partial charge in [-0.15, -0.1) is 0 Å². The molecule has 1 aromatic carbocycles. The van der Waals surface area contributed by atoms with Crippen molar-refractivity contribution >= 4 is 28.7 Å². The minimum atomic E-state index is 0.363. The van der Waals surface area contributed by atoms with Crippen molar-refractivity contribution in [2.75, 3.05) is 5.32 Å². The van der Waals surface area contributed by atoms with Crippen molar-refractivity contribution in [1.29, 1.82) is 0 Å². The van der Waals surface area contributed by atoms with Crippen LogP contribution in [-0.4, -0.2) is 9.97 Å². The second kappa shape index (κ2) is 5.80. The second-order valence-corrected chi connectivity index (χ2v) is 5.10. The molecule has 0 fully saturated rings. The number of rotatable bonds is 4. The lowest BCUT2D eigenvalue weighted by Crippen LogP contribution is -2.09. The number of nitrogens with one attached hydrogen (secondary N) is 1. The van der Waals surface area contributed by atoms with E-state index in [-0.39, 0.29) is 0 Å². The highest BCUT2D eigenvalue weighted by atomic mass is 32.1. The molecular weight excluding hydrogens is 254 g/mol. The van der Waals surface area contributed by atoms with Crippen molar-refractivity contribution in [2.45, 2.75) is 19.8 Å². The third kappa shape index (κ3) is 3.29. The van der Waals surface area contributed by atoms with E-state index in [0.29, 0.717) is 10.9 Å². The number of nitrogens with zero attached hydrogens (tertiary/aromatic N) is 1. The van der Waals surface area contributed by atoms with E-state index in [4.69, 9.17) is 18.0 Å². The lowest BCUT2D eigenvalue weighted by Gasteiger charge is -2.14. The van der Waals surface area contributed by atoms with E-state index in [1.807, 2.05) is 24.3 Å². The third-order valence-corrected chi connectivity index (χ3v) is 3.13. The van der Waals surface area contributed by atoms with Crippen LogP contribution in [0.5, 0.6) is 0 Å². The molecule has 0 spiro atoms. The monoisotopic (exact) mass is 271 g/mol. The molecule has 1 aromatic heterocycles. The number of benzene rings is 1. The van der Waals surface area contributed by atoms with Gasteiger partial charge in [-0.25, -0.2) is 4.98 Å². The molecule has 19 heavy (non-hydrogen) atoms. The fraction of sp³-hybridized carbons (Fsp3) is 0.200. The molecule has 0 aliphatic carbocycles. The second-order valence-electron chi connectivity index (χ2n) is 4.66. The van der Waals surface area contributed by atoms with Gasteiger partial charge in [0.1, 0.15) is 10.8 Å². The fourth-order valence-electron chi connectivity index (χ4n) is 1.87. The molecule has 4 heteroatoms. The minimum absolute atomic E-state index is 0.363. The summed E-state index contributed by atoms with van der Waals surface area (Å²) in [5.41, 5.74) is 8.67. The molecule has 0 amide bonds. The normalized spacial score (nSPS) is 10.5. The summed E-state index contributed by atoms with van der Waals surface area (Å²) in [5, 5.41) is 3.32. The van der Waals surface area contributed by atoms with E-state index in [1.165, 1.54) is 5.56 Å². The fourth-order valence-corrected chi connectivity index (χ4v) is 1.99. The van der Waals surface area contributed by atoms with E-state index in [1.54, 1.807) is 6.20 Å². The van der Waals surface area contributed by atoms with Crippen molar-refractivity contribution in [1.82, 2.24) is 4.98 Å². The Labute approximate surface area is 118 Å². The molecule has 0 bridgehead atoms. The average molecular weight is 271 g/mol. The lowest BCUT2D eigenvalue weighted by atomic mass is 10.0. The zero-order chi connectivity index (χ0) is 13.8. The zero-order valence-electron chi connectivity index (χ0n) is 11.1. The van der Waals surface area contributed by atoms with Crippen LogP contribution >= 0.6 is 12.2 Å². The molecule has 0 saturated carbocycles. The molecule has 2 aromatic rings. The highest BCUT2D eigenvalue weighted by Crippen LogP contribution is 2.26. The third-order valence-electron chi connectivity index (χ3n) is 2.89. The van der Waals surface area contributed by atoms with Gasteiger partial charge in [-0.3, -0.25) is 0 Å². The lowest BCUT2D eigenvalue weighted by molar-refractivity contribution is 0.869. The van der Waals surface area contributed by atoms with Crippen molar-refractivity contribution in [2.24, 2.45) is 5.73 Å². The van der Waals surface area contributed by atoms with Gasteiger partial charge in [0.05, 0.1) is 0 Å². The molecule has 0 radical (unpaired) electrons. The van der Waals surface area contributed by atoms with E-state index < -0.39 is 0 Å². The highest BCUT2D eigenvalue weighted by molar-refractivity contribution is 7.80. The molecular formula is C15H17N3S. The molecule has 0 saturated heterocycles. The van der Waals surface area contributed by atoms with Gasteiger partial charge in [-0.1, -0.05) is 44.3 Å². The van der Waals surface area contributed by atoms with Crippen LogP contribution in [0.15, 0.2) is 42.6 Å². The van der Waals surface area contributed by atoms with Crippen LogP contribution in [0.4, 0.5) is 11.5 Å². The Balaban J connectivity index is 2.24. The topological polar surface area (TPSA) is 50.9 Å². The first-order valence-corrected chi connectivity index (χ1v) is 6.60. The number of pyridine rings is 1. The number of hydrogen-bond donors (Lipinski definition) is 2. The maximum absolute atomic E-state index is 5.55. The van der Waals surface area contributed by atoms with Gasteiger partial charge in [-0.05, 0) is 29.7 Å². The van der Waals surface area contributed by atoms with Gasteiger partial charge in [-0.2, -0.15) is 0 Å². The summed E-state index contributed by atoms with van der Waals surface area (Å²) in [6.07, 6.45) is 1.68. The van der Waals surface area contributed by atoms with Gasteiger partial charge in [0, 0.05) is 17.4 Å². The summed E-state index contributed by atoms with van der Waals surface area (Å²) in [6.45, 7) is 4.34. The Morgan fingerprint density at radius 3 is 2.53 bits per heavy atom. The summed E-state index contributed by atoms with van der Waals surface area (Å²) < 4.78 is 0. The van der Waals surface area contributed by atoms with E-state index in [0.717, 1.165) is 17.1 Å². The molecule has 0 unspecified atom stereocenters. The zero-order valence-corrected chi connectivity index (χ0v) is 11.9. The first-order chi connectivity index (χ1) is 9.08. The summed E-state index contributed by atoms with van der Waals surface area (Å²) in [4.78, 5) is 4.68. The van der Waals surface area contributed by atoms with E-state index in [9.17, 15) is 0 Å². The Morgan fingerprint density at radius 2 is 1.95 bits per heavy atom. The van der Waals surface area contributed by atoms with Gasteiger partial charge >= 0.3 is 0 Å². The van der Waals surface area contributed by atoms with Crippen LogP contribution in [0.25, 0.3) is 0 Å². The van der Waals surface area contributed by atoms with Crippen molar-refractivity contribution in [3.05, 3.63) is 53.7 Å². The maximum Gasteiger partial charge on any atom is 0.130 e. The SMILES string of the molecule is CC(C)c1ccccc1Nc1ccc(C(N)=S)cn1. The van der Waals surface area contributed by atoms with Crippen LogP contribution in [0, 0.1) is 0 Å². The molecule has 3 nitrogen and oxygen atoms in total. The molecule has 3 N–H and O–H groups in total. The minimum Gasteiger partial charge on any atom is -0.389 e. The molecule has 1 heterocycles. The van der Waals surface area contributed by atoms with Crippen LogP contribution in [0.1, 0.15) is 30.9 Å². The van der Waals surface area contributed by atoms with Gasteiger partial charge in [0.25, 0.3) is 0 Å². The molecule has 0 aliphatic heterocycles. The Hall–Kier alpha value is -1.94. The predicted octanol–water partition coefficient (Wildman–Crippen LogP) is 3.58. The van der Waals surface area contributed by atoms with Crippen molar-refractivity contribution in [3.63, 3.8) is 0 Å². The molecule has 0 atom stereocenters. The Bertz CT molecular complexity index is 576. The first-order valence-electron chi connectivity index (χ1n) is 6.19. The van der Waals surface area contributed by atoms with Crippen LogP contribution in [-0.2, 0) is 0 Å².